The molecule has 0 atom stereocenters. The minimum atomic E-state index is 0.224. The van der Waals surface area contributed by atoms with Crippen LogP contribution in [0, 0.1) is 0 Å². The number of aliphatic hydroxyl groups excluding tert-OH is 1. The largest absolute Gasteiger partial charge is 0.396 e. The summed E-state index contributed by atoms with van der Waals surface area (Å²) >= 11 is 0. The Morgan fingerprint density at radius 3 is 2.89 bits per heavy atom. The van der Waals surface area contributed by atoms with E-state index in [0.29, 0.717) is 12.6 Å². The Balaban J connectivity index is 2.06. The van der Waals surface area contributed by atoms with E-state index in [-0.39, 0.29) is 6.61 Å². The Morgan fingerprint density at radius 2 is 2.22 bits per heavy atom. The van der Waals surface area contributed by atoms with Crippen molar-refractivity contribution in [2.75, 3.05) is 6.61 Å². The van der Waals surface area contributed by atoms with Gasteiger partial charge in [0.05, 0.1) is 11.0 Å². The van der Waals surface area contributed by atoms with Crippen molar-refractivity contribution in [1.29, 1.82) is 0 Å². The Hall–Kier alpha value is -1.39. The summed E-state index contributed by atoms with van der Waals surface area (Å²) in [5, 5.41) is 8.98. The van der Waals surface area contributed by atoms with Crippen molar-refractivity contribution < 1.29 is 5.11 Å². The van der Waals surface area contributed by atoms with Crippen LogP contribution in [0.15, 0.2) is 18.2 Å². The third-order valence-electron chi connectivity index (χ3n) is 3.53. The smallest absolute Gasteiger partial charge is 0.110 e. The third-order valence-corrected chi connectivity index (χ3v) is 3.53. The van der Waals surface area contributed by atoms with Gasteiger partial charge in [-0.2, -0.15) is 0 Å². The number of rotatable bonds is 5. The van der Waals surface area contributed by atoms with E-state index < -0.39 is 0 Å². The van der Waals surface area contributed by atoms with Gasteiger partial charge in [0.1, 0.15) is 5.82 Å². The summed E-state index contributed by atoms with van der Waals surface area (Å²) < 4.78 is 2.35. The van der Waals surface area contributed by atoms with Gasteiger partial charge in [0.25, 0.3) is 0 Å². The van der Waals surface area contributed by atoms with Crippen LogP contribution in [0.4, 0.5) is 0 Å². The van der Waals surface area contributed by atoms with Crippen LogP contribution in [0.25, 0.3) is 11.0 Å². The number of benzene rings is 1. The molecule has 0 aliphatic heterocycles. The average Bonchev–Trinajstić information content (AvgIpc) is 3.16. The van der Waals surface area contributed by atoms with Gasteiger partial charge in [-0.05, 0) is 37.0 Å². The predicted octanol–water partition coefficient (Wildman–Crippen LogP) is 1.75. The molecule has 0 unspecified atom stereocenters. The van der Waals surface area contributed by atoms with E-state index >= 15 is 0 Å². The third kappa shape index (κ3) is 2.02. The molecule has 96 valence electrons. The number of hydrogen-bond acceptors (Lipinski definition) is 3. The fourth-order valence-corrected chi connectivity index (χ4v) is 2.47. The van der Waals surface area contributed by atoms with Crippen molar-refractivity contribution in [3.8, 4) is 0 Å². The summed E-state index contributed by atoms with van der Waals surface area (Å²) in [6.07, 6.45) is 4.12. The quantitative estimate of drug-likeness (QED) is 0.843. The van der Waals surface area contributed by atoms with E-state index in [0.717, 1.165) is 29.7 Å². The van der Waals surface area contributed by atoms with Crippen molar-refractivity contribution in [2.45, 2.75) is 38.3 Å². The molecule has 0 bridgehead atoms. The summed E-state index contributed by atoms with van der Waals surface area (Å²) in [5.41, 5.74) is 9.04. The van der Waals surface area contributed by atoms with Crippen LogP contribution < -0.4 is 5.73 Å². The highest BCUT2D eigenvalue weighted by atomic mass is 16.2. The van der Waals surface area contributed by atoms with Crippen molar-refractivity contribution >= 4 is 11.0 Å². The molecule has 3 rings (SSSR count). The van der Waals surface area contributed by atoms with E-state index in [1.165, 1.54) is 18.4 Å². The highest BCUT2D eigenvalue weighted by Gasteiger charge is 2.27. The molecular formula is C14H19N3O. The highest BCUT2D eigenvalue weighted by molar-refractivity contribution is 5.77. The molecule has 0 radical (unpaired) electrons. The maximum absolute atomic E-state index is 8.98. The molecular weight excluding hydrogens is 226 g/mol. The summed E-state index contributed by atoms with van der Waals surface area (Å²) in [6.45, 7) is 0.778. The van der Waals surface area contributed by atoms with Gasteiger partial charge in [-0.15, -0.1) is 0 Å². The maximum atomic E-state index is 8.98. The minimum absolute atomic E-state index is 0.224. The number of nitrogens with two attached hydrogens (primary N) is 1. The fraction of sp³-hybridized carbons (Fsp3) is 0.500. The molecule has 1 aliphatic carbocycles. The first-order valence-corrected chi connectivity index (χ1v) is 6.64. The lowest BCUT2D eigenvalue weighted by atomic mass is 10.2. The SMILES string of the molecule is NCc1ccc2c(c1)nc(CCCO)n2C1CC1. The van der Waals surface area contributed by atoms with Crippen LogP contribution in [0.2, 0.25) is 0 Å². The van der Waals surface area contributed by atoms with Crippen LogP contribution in [-0.4, -0.2) is 21.3 Å². The lowest BCUT2D eigenvalue weighted by Gasteiger charge is -2.06. The first-order chi connectivity index (χ1) is 8.83. The Labute approximate surface area is 106 Å². The van der Waals surface area contributed by atoms with E-state index in [1.54, 1.807) is 0 Å². The van der Waals surface area contributed by atoms with Crippen LogP contribution in [0.5, 0.6) is 0 Å². The van der Waals surface area contributed by atoms with Crippen LogP contribution >= 0.6 is 0 Å². The molecule has 1 aromatic heterocycles. The Kier molecular flexibility index (Phi) is 3.06. The molecule has 1 saturated carbocycles. The number of nitrogens with zero attached hydrogens (tertiary/aromatic N) is 2. The lowest BCUT2D eigenvalue weighted by molar-refractivity contribution is 0.287. The number of fused-ring (bicyclic) bond motifs is 1. The van der Waals surface area contributed by atoms with Gasteiger partial charge in [0, 0.05) is 25.6 Å². The van der Waals surface area contributed by atoms with Gasteiger partial charge >= 0.3 is 0 Å². The Bertz CT molecular complexity index is 557. The predicted molar refractivity (Wildman–Crippen MR) is 71.3 cm³/mol. The van der Waals surface area contributed by atoms with Crippen molar-refractivity contribution in [3.05, 3.63) is 29.6 Å². The number of aromatic nitrogens is 2. The van der Waals surface area contributed by atoms with Crippen molar-refractivity contribution in [1.82, 2.24) is 9.55 Å². The number of aryl methyl sites for hydroxylation is 1. The summed E-state index contributed by atoms with van der Waals surface area (Å²) in [4.78, 5) is 4.72. The number of imidazole rings is 1. The average molecular weight is 245 g/mol. The Morgan fingerprint density at radius 1 is 1.39 bits per heavy atom. The fourth-order valence-electron chi connectivity index (χ4n) is 2.47. The van der Waals surface area contributed by atoms with Gasteiger partial charge in [0.2, 0.25) is 0 Å². The standard InChI is InChI=1S/C14H19N3O/c15-9-10-3-6-13-12(8-10)16-14(2-1-7-18)17(13)11-4-5-11/h3,6,8,11,18H,1-2,4-5,7,9,15H2. The number of hydrogen-bond donors (Lipinski definition) is 2. The molecule has 1 aliphatic rings. The van der Waals surface area contributed by atoms with Crippen molar-refractivity contribution in [2.24, 2.45) is 5.73 Å². The number of aliphatic hydroxyl groups is 1. The molecule has 1 aromatic carbocycles. The molecule has 4 nitrogen and oxygen atoms in total. The second kappa shape index (κ2) is 4.71. The molecule has 18 heavy (non-hydrogen) atoms. The molecule has 4 heteroatoms. The molecule has 1 fully saturated rings. The van der Waals surface area contributed by atoms with E-state index in [9.17, 15) is 0 Å². The van der Waals surface area contributed by atoms with Gasteiger partial charge in [-0.3, -0.25) is 0 Å². The van der Waals surface area contributed by atoms with Gasteiger partial charge in [-0.25, -0.2) is 4.98 Å². The zero-order chi connectivity index (χ0) is 12.5. The zero-order valence-corrected chi connectivity index (χ0v) is 10.5. The van der Waals surface area contributed by atoms with Gasteiger partial charge < -0.3 is 15.4 Å². The molecule has 3 N–H and O–H groups in total. The molecule has 0 spiro atoms. The van der Waals surface area contributed by atoms with E-state index in [4.69, 9.17) is 15.8 Å². The molecule has 0 saturated heterocycles. The summed E-state index contributed by atoms with van der Waals surface area (Å²) in [6, 6.07) is 6.91. The topological polar surface area (TPSA) is 64.1 Å². The normalized spacial score (nSPS) is 15.4. The van der Waals surface area contributed by atoms with Crippen LogP contribution in [0.3, 0.4) is 0 Å². The van der Waals surface area contributed by atoms with E-state index in [2.05, 4.69) is 22.8 Å². The second-order valence-electron chi connectivity index (χ2n) is 4.98. The highest BCUT2D eigenvalue weighted by Crippen LogP contribution is 2.39. The monoisotopic (exact) mass is 245 g/mol. The summed E-state index contributed by atoms with van der Waals surface area (Å²) in [7, 11) is 0. The van der Waals surface area contributed by atoms with Gasteiger partial charge in [-0.1, -0.05) is 6.07 Å². The first kappa shape index (κ1) is 11.7. The van der Waals surface area contributed by atoms with E-state index in [1.807, 2.05) is 0 Å². The summed E-state index contributed by atoms with van der Waals surface area (Å²) in [5.74, 6) is 1.11. The maximum Gasteiger partial charge on any atom is 0.110 e. The van der Waals surface area contributed by atoms with Crippen molar-refractivity contribution in [3.63, 3.8) is 0 Å². The lowest BCUT2D eigenvalue weighted by Crippen LogP contribution is -2.02. The molecule has 2 aromatic rings. The minimum Gasteiger partial charge on any atom is -0.396 e. The first-order valence-electron chi connectivity index (χ1n) is 6.64. The molecule has 1 heterocycles. The second-order valence-corrected chi connectivity index (χ2v) is 4.98. The zero-order valence-electron chi connectivity index (χ0n) is 10.5. The van der Waals surface area contributed by atoms with Crippen LogP contribution in [-0.2, 0) is 13.0 Å². The molecule has 0 amide bonds. The van der Waals surface area contributed by atoms with Gasteiger partial charge in [0.15, 0.2) is 0 Å². The van der Waals surface area contributed by atoms with Crippen LogP contribution in [0.1, 0.15) is 36.7 Å².